The number of aromatic nitrogens is 2. The van der Waals surface area contributed by atoms with Crippen molar-refractivity contribution in [2.24, 2.45) is 0 Å². The average Bonchev–Trinajstić information content (AvgIpc) is 2.45. The number of rotatable bonds is 1. The molecule has 4 heteroatoms. The number of phenols is 1. The minimum atomic E-state index is 0.238. The second-order valence-electron chi connectivity index (χ2n) is 3.04. The second-order valence-corrected chi connectivity index (χ2v) is 3.85. The fourth-order valence-corrected chi connectivity index (χ4v) is 1.89. The highest BCUT2D eigenvalue weighted by Gasteiger charge is 2.04. The van der Waals surface area contributed by atoms with Crippen molar-refractivity contribution in [1.82, 2.24) is 9.78 Å². The van der Waals surface area contributed by atoms with Gasteiger partial charge in [-0.1, -0.05) is 6.07 Å². The van der Waals surface area contributed by atoms with Gasteiger partial charge in [0, 0.05) is 6.07 Å². The van der Waals surface area contributed by atoms with E-state index in [4.69, 9.17) is 0 Å². The summed E-state index contributed by atoms with van der Waals surface area (Å²) in [5.41, 5.74) is 1.77. The first-order chi connectivity index (χ1) is 6.66. The molecule has 0 radical (unpaired) electrons. The first kappa shape index (κ1) is 9.27. The summed E-state index contributed by atoms with van der Waals surface area (Å²) in [7, 11) is 0. The number of phenolic OH excluding ortho intramolecular Hbond substituents is 1. The molecule has 1 aromatic heterocycles. The summed E-state index contributed by atoms with van der Waals surface area (Å²) in [6, 6.07) is 8.89. The number of hydrogen-bond acceptors (Lipinski definition) is 2. The maximum absolute atomic E-state index is 9.32. The van der Waals surface area contributed by atoms with E-state index < -0.39 is 0 Å². The van der Waals surface area contributed by atoms with Gasteiger partial charge in [-0.05, 0) is 41.1 Å². The second kappa shape index (κ2) is 3.46. The van der Waals surface area contributed by atoms with Crippen LogP contribution in [0.2, 0.25) is 0 Å². The van der Waals surface area contributed by atoms with Crippen LogP contribution in [0.1, 0.15) is 5.69 Å². The molecule has 1 N–H and O–H groups in total. The number of benzene rings is 1. The average molecular weight is 253 g/mol. The highest BCUT2D eigenvalue weighted by atomic mass is 79.9. The molecule has 0 aliphatic carbocycles. The molecule has 0 saturated carbocycles. The summed E-state index contributed by atoms with van der Waals surface area (Å²) in [5.74, 6) is 0.238. The van der Waals surface area contributed by atoms with Gasteiger partial charge in [-0.25, -0.2) is 4.68 Å². The summed E-state index contributed by atoms with van der Waals surface area (Å²) in [6.45, 7) is 1.92. The zero-order valence-electron chi connectivity index (χ0n) is 7.61. The first-order valence-electron chi connectivity index (χ1n) is 4.18. The molecule has 0 aliphatic heterocycles. The zero-order valence-corrected chi connectivity index (χ0v) is 9.19. The molecule has 3 nitrogen and oxygen atoms in total. The summed E-state index contributed by atoms with van der Waals surface area (Å²) in [5, 5.41) is 13.6. The van der Waals surface area contributed by atoms with E-state index in [0.29, 0.717) is 0 Å². The van der Waals surface area contributed by atoms with E-state index in [1.54, 1.807) is 22.9 Å². The van der Waals surface area contributed by atoms with Gasteiger partial charge in [0.15, 0.2) is 0 Å². The molecule has 72 valence electrons. The maximum Gasteiger partial charge on any atom is 0.117 e. The predicted octanol–water partition coefficient (Wildman–Crippen LogP) is 2.65. The summed E-state index contributed by atoms with van der Waals surface area (Å²) >= 11 is 3.40. The maximum atomic E-state index is 9.32. The predicted molar refractivity (Wildman–Crippen MR) is 57.7 cm³/mol. The normalized spacial score (nSPS) is 10.4. The van der Waals surface area contributed by atoms with Gasteiger partial charge >= 0.3 is 0 Å². The van der Waals surface area contributed by atoms with Gasteiger partial charge in [-0.15, -0.1) is 0 Å². The van der Waals surface area contributed by atoms with Crippen LogP contribution in [-0.4, -0.2) is 14.9 Å². The van der Waals surface area contributed by atoms with Crippen LogP contribution in [0.3, 0.4) is 0 Å². The fourth-order valence-electron chi connectivity index (χ4n) is 1.27. The fraction of sp³-hybridized carbons (Fsp3) is 0.100. The van der Waals surface area contributed by atoms with Crippen molar-refractivity contribution in [1.29, 1.82) is 0 Å². The first-order valence-corrected chi connectivity index (χ1v) is 4.98. The van der Waals surface area contributed by atoms with Crippen molar-refractivity contribution in [3.8, 4) is 11.4 Å². The third kappa shape index (κ3) is 1.65. The van der Waals surface area contributed by atoms with Gasteiger partial charge in [-0.3, -0.25) is 0 Å². The molecule has 2 rings (SSSR count). The van der Waals surface area contributed by atoms with Crippen LogP contribution in [0.15, 0.2) is 34.9 Å². The van der Waals surface area contributed by atoms with Crippen molar-refractivity contribution in [2.75, 3.05) is 0 Å². The molecule has 14 heavy (non-hydrogen) atoms. The minimum absolute atomic E-state index is 0.238. The summed E-state index contributed by atoms with van der Waals surface area (Å²) < 4.78 is 2.61. The highest BCUT2D eigenvalue weighted by Crippen LogP contribution is 2.20. The lowest BCUT2D eigenvalue weighted by molar-refractivity contribution is 0.474. The van der Waals surface area contributed by atoms with Gasteiger partial charge in [0.25, 0.3) is 0 Å². The van der Waals surface area contributed by atoms with Crippen molar-refractivity contribution in [2.45, 2.75) is 6.92 Å². The highest BCUT2D eigenvalue weighted by molar-refractivity contribution is 9.10. The van der Waals surface area contributed by atoms with Gasteiger partial charge in [-0.2, -0.15) is 5.10 Å². The van der Waals surface area contributed by atoms with Crippen LogP contribution >= 0.6 is 15.9 Å². The van der Waals surface area contributed by atoms with Gasteiger partial charge in [0.05, 0.1) is 11.4 Å². The van der Waals surface area contributed by atoms with Crippen LogP contribution < -0.4 is 0 Å². The van der Waals surface area contributed by atoms with E-state index in [1.807, 2.05) is 19.1 Å². The molecule has 1 heterocycles. The Labute approximate surface area is 90.1 Å². The van der Waals surface area contributed by atoms with E-state index in [-0.39, 0.29) is 5.75 Å². The van der Waals surface area contributed by atoms with Crippen LogP contribution in [0.4, 0.5) is 0 Å². The van der Waals surface area contributed by atoms with E-state index in [9.17, 15) is 5.11 Å². The van der Waals surface area contributed by atoms with E-state index >= 15 is 0 Å². The van der Waals surface area contributed by atoms with Crippen LogP contribution in [0, 0.1) is 6.92 Å². The molecule has 0 atom stereocenters. The number of aryl methyl sites for hydroxylation is 1. The van der Waals surface area contributed by atoms with Crippen LogP contribution in [-0.2, 0) is 0 Å². The molecule has 0 unspecified atom stereocenters. The molecular formula is C10H9BrN2O. The Bertz CT molecular complexity index is 465. The largest absolute Gasteiger partial charge is 0.508 e. The van der Waals surface area contributed by atoms with Crippen molar-refractivity contribution < 1.29 is 5.11 Å². The number of hydrogen-bond donors (Lipinski definition) is 1. The number of aromatic hydroxyl groups is 1. The quantitative estimate of drug-likeness (QED) is 0.848. The Hall–Kier alpha value is -1.29. The Kier molecular flexibility index (Phi) is 2.29. The van der Waals surface area contributed by atoms with E-state index in [0.717, 1.165) is 16.0 Å². The third-order valence-corrected chi connectivity index (χ3v) is 2.43. The van der Waals surface area contributed by atoms with Crippen LogP contribution in [0.5, 0.6) is 5.75 Å². The molecule has 0 bridgehead atoms. The molecule has 0 saturated heterocycles. The summed E-state index contributed by atoms with van der Waals surface area (Å²) in [6.07, 6.45) is 0. The molecule has 0 amide bonds. The van der Waals surface area contributed by atoms with Crippen molar-refractivity contribution in [3.05, 3.63) is 40.6 Å². The lowest BCUT2D eigenvalue weighted by Crippen LogP contribution is -1.96. The lowest BCUT2D eigenvalue weighted by Gasteiger charge is -2.02. The monoisotopic (exact) mass is 252 g/mol. The smallest absolute Gasteiger partial charge is 0.117 e. The minimum Gasteiger partial charge on any atom is -0.508 e. The molecule has 0 aliphatic rings. The van der Waals surface area contributed by atoms with Crippen LogP contribution in [0.25, 0.3) is 5.69 Å². The van der Waals surface area contributed by atoms with Crippen molar-refractivity contribution in [3.63, 3.8) is 0 Å². The Balaban J connectivity index is 2.54. The third-order valence-electron chi connectivity index (χ3n) is 1.86. The molecule has 2 aromatic rings. The van der Waals surface area contributed by atoms with Gasteiger partial charge in [0.1, 0.15) is 10.4 Å². The number of nitrogens with zero attached hydrogens (tertiary/aromatic N) is 2. The SMILES string of the molecule is Cc1cc(Br)n(-c2cccc(O)c2)n1. The number of halogens is 1. The molecule has 1 aromatic carbocycles. The molecule has 0 spiro atoms. The van der Waals surface area contributed by atoms with E-state index in [2.05, 4.69) is 21.0 Å². The lowest BCUT2D eigenvalue weighted by atomic mass is 10.3. The Morgan fingerprint density at radius 2 is 2.14 bits per heavy atom. The van der Waals surface area contributed by atoms with Gasteiger partial charge in [0.2, 0.25) is 0 Å². The molecular weight excluding hydrogens is 244 g/mol. The van der Waals surface area contributed by atoms with Crippen molar-refractivity contribution >= 4 is 15.9 Å². The Morgan fingerprint density at radius 3 is 2.71 bits per heavy atom. The molecule has 0 fully saturated rings. The van der Waals surface area contributed by atoms with Gasteiger partial charge < -0.3 is 5.11 Å². The zero-order chi connectivity index (χ0) is 10.1. The standard InChI is InChI=1S/C10H9BrN2O/c1-7-5-10(11)13(12-7)8-3-2-4-9(14)6-8/h2-6,14H,1H3. The van der Waals surface area contributed by atoms with E-state index in [1.165, 1.54) is 0 Å². The Morgan fingerprint density at radius 1 is 1.36 bits per heavy atom. The topological polar surface area (TPSA) is 38.0 Å². The summed E-state index contributed by atoms with van der Waals surface area (Å²) in [4.78, 5) is 0.